The summed E-state index contributed by atoms with van der Waals surface area (Å²) in [7, 11) is 0. The molecule has 1 heterocycles. The fourth-order valence-corrected chi connectivity index (χ4v) is 1.99. The van der Waals surface area contributed by atoms with Gasteiger partial charge in [-0.1, -0.05) is 26.0 Å². The molecule has 2 aromatic rings. The number of aliphatic hydroxyl groups excluding tert-OH is 1. The molecular weight excluding hydrogens is 240 g/mol. The SMILES string of the molecule is CC(C)CNC(=O)Cn1ccc2ccc(CO)cc21. The first-order valence-electron chi connectivity index (χ1n) is 6.55. The van der Waals surface area contributed by atoms with E-state index < -0.39 is 0 Å². The van der Waals surface area contributed by atoms with Crippen LogP contribution in [0, 0.1) is 5.92 Å². The largest absolute Gasteiger partial charge is 0.392 e. The first-order valence-corrected chi connectivity index (χ1v) is 6.55. The molecule has 0 atom stereocenters. The van der Waals surface area contributed by atoms with Crippen molar-refractivity contribution in [2.75, 3.05) is 6.54 Å². The van der Waals surface area contributed by atoms with Gasteiger partial charge in [-0.2, -0.15) is 0 Å². The van der Waals surface area contributed by atoms with Crippen LogP contribution in [0.2, 0.25) is 0 Å². The molecule has 0 radical (unpaired) electrons. The summed E-state index contributed by atoms with van der Waals surface area (Å²) in [4.78, 5) is 11.8. The number of hydrogen-bond acceptors (Lipinski definition) is 2. The molecule has 1 aromatic heterocycles. The van der Waals surface area contributed by atoms with Crippen molar-refractivity contribution in [3.05, 3.63) is 36.0 Å². The van der Waals surface area contributed by atoms with Gasteiger partial charge >= 0.3 is 0 Å². The van der Waals surface area contributed by atoms with E-state index in [0.29, 0.717) is 19.0 Å². The Hall–Kier alpha value is -1.81. The predicted molar refractivity (Wildman–Crippen MR) is 75.7 cm³/mol. The average molecular weight is 260 g/mol. The second-order valence-electron chi connectivity index (χ2n) is 5.19. The molecule has 0 unspecified atom stereocenters. The van der Waals surface area contributed by atoms with Crippen LogP contribution in [-0.2, 0) is 17.9 Å². The molecule has 0 aliphatic rings. The van der Waals surface area contributed by atoms with E-state index in [1.807, 2.05) is 35.0 Å². The summed E-state index contributed by atoms with van der Waals surface area (Å²) in [5.41, 5.74) is 1.83. The highest BCUT2D eigenvalue weighted by atomic mass is 16.3. The summed E-state index contributed by atoms with van der Waals surface area (Å²) in [5, 5.41) is 13.1. The zero-order valence-corrected chi connectivity index (χ0v) is 11.4. The topological polar surface area (TPSA) is 54.3 Å². The van der Waals surface area contributed by atoms with Crippen LogP contribution in [-0.4, -0.2) is 22.1 Å². The molecule has 102 valence electrons. The highest BCUT2D eigenvalue weighted by molar-refractivity contribution is 5.83. The summed E-state index contributed by atoms with van der Waals surface area (Å²) < 4.78 is 1.91. The molecule has 0 aliphatic heterocycles. The van der Waals surface area contributed by atoms with E-state index in [1.165, 1.54) is 0 Å². The highest BCUT2D eigenvalue weighted by Gasteiger charge is 2.07. The fraction of sp³-hybridized carbons (Fsp3) is 0.400. The molecule has 0 saturated carbocycles. The van der Waals surface area contributed by atoms with Gasteiger partial charge in [0, 0.05) is 18.3 Å². The van der Waals surface area contributed by atoms with Gasteiger partial charge in [0.2, 0.25) is 5.91 Å². The molecule has 0 fully saturated rings. The molecule has 4 heteroatoms. The second-order valence-corrected chi connectivity index (χ2v) is 5.19. The van der Waals surface area contributed by atoms with Gasteiger partial charge in [0.25, 0.3) is 0 Å². The molecule has 1 aromatic carbocycles. The van der Waals surface area contributed by atoms with E-state index in [9.17, 15) is 4.79 Å². The number of rotatable bonds is 5. The van der Waals surface area contributed by atoms with Crippen molar-refractivity contribution in [1.29, 1.82) is 0 Å². The molecule has 1 amide bonds. The van der Waals surface area contributed by atoms with Crippen molar-refractivity contribution in [2.45, 2.75) is 27.0 Å². The minimum Gasteiger partial charge on any atom is -0.392 e. The Kier molecular flexibility index (Phi) is 4.22. The van der Waals surface area contributed by atoms with E-state index in [-0.39, 0.29) is 12.5 Å². The van der Waals surface area contributed by atoms with Crippen LogP contribution < -0.4 is 5.32 Å². The Bertz CT molecular complexity index is 573. The quantitative estimate of drug-likeness (QED) is 0.862. The lowest BCUT2D eigenvalue weighted by Gasteiger charge is -2.09. The molecule has 4 nitrogen and oxygen atoms in total. The Labute approximate surface area is 113 Å². The van der Waals surface area contributed by atoms with Gasteiger partial charge < -0.3 is 15.0 Å². The Morgan fingerprint density at radius 3 is 2.84 bits per heavy atom. The maximum atomic E-state index is 11.8. The first kappa shape index (κ1) is 13.6. The number of nitrogens with one attached hydrogen (secondary N) is 1. The number of carbonyl (C=O) groups is 1. The summed E-state index contributed by atoms with van der Waals surface area (Å²) in [6.07, 6.45) is 1.90. The van der Waals surface area contributed by atoms with E-state index in [0.717, 1.165) is 16.5 Å². The standard InChI is InChI=1S/C15H20N2O2/c1-11(2)8-16-15(19)9-17-6-5-13-4-3-12(10-18)7-14(13)17/h3-7,11,18H,8-10H2,1-2H3,(H,16,19). The summed E-state index contributed by atoms with van der Waals surface area (Å²) in [6, 6.07) is 7.76. The number of fused-ring (bicyclic) bond motifs is 1. The third-order valence-corrected chi connectivity index (χ3v) is 3.04. The van der Waals surface area contributed by atoms with Gasteiger partial charge in [-0.15, -0.1) is 0 Å². The number of nitrogens with zero attached hydrogens (tertiary/aromatic N) is 1. The van der Waals surface area contributed by atoms with Gasteiger partial charge in [-0.05, 0) is 29.0 Å². The van der Waals surface area contributed by atoms with Gasteiger partial charge in [-0.3, -0.25) is 4.79 Å². The maximum Gasteiger partial charge on any atom is 0.239 e. The van der Waals surface area contributed by atoms with Crippen molar-refractivity contribution < 1.29 is 9.90 Å². The third kappa shape index (κ3) is 3.35. The monoisotopic (exact) mass is 260 g/mol. The van der Waals surface area contributed by atoms with Crippen molar-refractivity contribution >= 4 is 16.8 Å². The molecule has 19 heavy (non-hydrogen) atoms. The van der Waals surface area contributed by atoms with Crippen molar-refractivity contribution in [2.24, 2.45) is 5.92 Å². The lowest BCUT2D eigenvalue weighted by molar-refractivity contribution is -0.121. The van der Waals surface area contributed by atoms with Crippen LogP contribution in [0.3, 0.4) is 0 Å². The molecule has 0 bridgehead atoms. The third-order valence-electron chi connectivity index (χ3n) is 3.04. The summed E-state index contributed by atoms with van der Waals surface area (Å²) >= 11 is 0. The van der Waals surface area contributed by atoms with E-state index >= 15 is 0 Å². The zero-order chi connectivity index (χ0) is 13.8. The fourth-order valence-electron chi connectivity index (χ4n) is 1.99. The molecule has 0 saturated heterocycles. The Morgan fingerprint density at radius 2 is 2.16 bits per heavy atom. The van der Waals surface area contributed by atoms with Crippen LogP contribution in [0.5, 0.6) is 0 Å². The van der Waals surface area contributed by atoms with Crippen molar-refractivity contribution in [3.8, 4) is 0 Å². The van der Waals surface area contributed by atoms with E-state index in [1.54, 1.807) is 0 Å². The zero-order valence-electron chi connectivity index (χ0n) is 11.4. The number of benzene rings is 1. The second kappa shape index (κ2) is 5.89. The van der Waals surface area contributed by atoms with E-state index in [4.69, 9.17) is 5.11 Å². The van der Waals surface area contributed by atoms with Gasteiger partial charge in [0.1, 0.15) is 6.54 Å². The lowest BCUT2D eigenvalue weighted by atomic mass is 10.2. The number of amides is 1. The minimum absolute atomic E-state index is 0.0144. The first-order chi connectivity index (χ1) is 9.10. The molecule has 2 N–H and O–H groups in total. The number of aliphatic hydroxyl groups is 1. The van der Waals surface area contributed by atoms with Gasteiger partial charge in [-0.25, -0.2) is 0 Å². The van der Waals surface area contributed by atoms with Crippen molar-refractivity contribution in [1.82, 2.24) is 9.88 Å². The number of carbonyl (C=O) groups excluding carboxylic acids is 1. The average Bonchev–Trinajstić information content (AvgIpc) is 2.79. The highest BCUT2D eigenvalue weighted by Crippen LogP contribution is 2.17. The maximum absolute atomic E-state index is 11.8. The van der Waals surface area contributed by atoms with Crippen LogP contribution in [0.4, 0.5) is 0 Å². The molecule has 0 aliphatic carbocycles. The normalized spacial score (nSPS) is 11.2. The molecule has 2 rings (SSSR count). The summed E-state index contributed by atoms with van der Waals surface area (Å²) in [5.74, 6) is 0.465. The van der Waals surface area contributed by atoms with Gasteiger partial charge in [0.05, 0.1) is 6.61 Å². The van der Waals surface area contributed by atoms with Crippen LogP contribution in [0.15, 0.2) is 30.5 Å². The lowest BCUT2D eigenvalue weighted by Crippen LogP contribution is -2.30. The number of aromatic nitrogens is 1. The Balaban J connectivity index is 2.14. The van der Waals surface area contributed by atoms with Crippen LogP contribution >= 0.6 is 0 Å². The van der Waals surface area contributed by atoms with Crippen molar-refractivity contribution in [3.63, 3.8) is 0 Å². The minimum atomic E-state index is 0.0144. The summed E-state index contributed by atoms with van der Waals surface area (Å²) in [6.45, 7) is 5.16. The van der Waals surface area contributed by atoms with Gasteiger partial charge in [0.15, 0.2) is 0 Å². The predicted octanol–water partition coefficient (Wildman–Crippen LogP) is 1.91. The Morgan fingerprint density at radius 1 is 1.37 bits per heavy atom. The number of hydrogen-bond donors (Lipinski definition) is 2. The van der Waals surface area contributed by atoms with E-state index in [2.05, 4.69) is 19.2 Å². The molecular formula is C15H20N2O2. The van der Waals surface area contributed by atoms with Crippen LogP contribution in [0.25, 0.3) is 10.9 Å². The van der Waals surface area contributed by atoms with Crippen LogP contribution in [0.1, 0.15) is 19.4 Å². The molecule has 0 spiro atoms. The smallest absolute Gasteiger partial charge is 0.239 e.